The minimum absolute atomic E-state index is 0.298. The van der Waals surface area contributed by atoms with Gasteiger partial charge in [-0.25, -0.2) is 0 Å². The van der Waals surface area contributed by atoms with E-state index in [1.165, 1.54) is 67.2 Å². The fourth-order valence-corrected chi connectivity index (χ4v) is 7.71. The Morgan fingerprint density at radius 2 is 0.774 bits per heavy atom. The standard InChI is InChI=1S/C38H31N.2C7H8/c1-28-20-22-29(23-21-28)38(36-18-10-8-16-34(36)35-17-9-11-19-37(35)38)30-24-26-33(27-25-30)39(31-12-4-2-5-13-31)32-14-6-3-7-15-32;2*1-7-5-3-2-4-6-7/h2-24,26H,25,27H2,1H3;2*2-6H,1H3. The summed E-state index contributed by atoms with van der Waals surface area (Å²) in [5, 5.41) is 0. The highest BCUT2D eigenvalue weighted by atomic mass is 15.1. The molecule has 0 saturated heterocycles. The zero-order chi connectivity index (χ0) is 36.5. The molecule has 0 aromatic heterocycles. The molecule has 0 spiro atoms. The molecule has 1 heteroatoms. The molecule has 0 bridgehead atoms. The van der Waals surface area contributed by atoms with Crippen LogP contribution in [0.15, 0.2) is 218 Å². The maximum Gasteiger partial charge on any atom is 0.0676 e. The molecular weight excluding hydrogens is 639 g/mol. The Hall–Kier alpha value is -6.18. The van der Waals surface area contributed by atoms with E-state index in [2.05, 4.69) is 196 Å². The number of benzene rings is 7. The zero-order valence-electron chi connectivity index (χ0n) is 31.0. The molecule has 2 aliphatic rings. The lowest BCUT2D eigenvalue weighted by atomic mass is 9.65. The molecule has 1 nitrogen and oxygen atoms in total. The van der Waals surface area contributed by atoms with E-state index in [0.29, 0.717) is 0 Å². The van der Waals surface area contributed by atoms with E-state index in [9.17, 15) is 0 Å². The number of fused-ring (bicyclic) bond motifs is 3. The summed E-state index contributed by atoms with van der Waals surface area (Å²) in [5.74, 6) is 0. The Balaban J connectivity index is 0.000000259. The summed E-state index contributed by atoms with van der Waals surface area (Å²) in [6.45, 7) is 6.34. The average Bonchev–Trinajstić information content (AvgIpc) is 3.52. The summed E-state index contributed by atoms with van der Waals surface area (Å²) >= 11 is 0. The third-order valence-electron chi connectivity index (χ3n) is 10.2. The van der Waals surface area contributed by atoms with Crippen LogP contribution in [0.1, 0.15) is 46.2 Å². The monoisotopic (exact) mass is 685 g/mol. The van der Waals surface area contributed by atoms with Crippen LogP contribution in [0, 0.1) is 20.8 Å². The van der Waals surface area contributed by atoms with Crippen molar-refractivity contribution in [2.45, 2.75) is 39.0 Å². The fraction of sp³-hybridized carbons (Fsp3) is 0.115. The van der Waals surface area contributed by atoms with Gasteiger partial charge in [-0.1, -0.05) is 198 Å². The van der Waals surface area contributed by atoms with Crippen molar-refractivity contribution in [2.24, 2.45) is 0 Å². The Kier molecular flexibility index (Phi) is 10.9. The number of para-hydroxylation sites is 2. The predicted molar refractivity (Wildman–Crippen MR) is 226 cm³/mol. The van der Waals surface area contributed by atoms with Gasteiger partial charge < -0.3 is 4.90 Å². The molecule has 0 atom stereocenters. The number of allylic oxidation sites excluding steroid dienone is 4. The van der Waals surface area contributed by atoms with E-state index in [1.54, 1.807) is 0 Å². The van der Waals surface area contributed by atoms with Crippen LogP contribution in [-0.4, -0.2) is 0 Å². The molecule has 0 amide bonds. The largest absolute Gasteiger partial charge is 0.314 e. The van der Waals surface area contributed by atoms with Crippen molar-refractivity contribution in [3.63, 3.8) is 0 Å². The SMILES string of the molecule is Cc1ccc(C2(C3=CC=C(N(c4ccccc4)c4ccccc4)CC3)c3ccccc3-c3ccccc32)cc1.Cc1ccccc1.Cc1ccccc1. The Bertz CT molecular complexity index is 2160. The van der Waals surface area contributed by atoms with Crippen molar-refractivity contribution >= 4 is 11.4 Å². The van der Waals surface area contributed by atoms with Gasteiger partial charge in [0.25, 0.3) is 0 Å². The highest BCUT2D eigenvalue weighted by molar-refractivity contribution is 5.86. The van der Waals surface area contributed by atoms with Crippen molar-refractivity contribution < 1.29 is 0 Å². The summed E-state index contributed by atoms with van der Waals surface area (Å²) in [5.41, 5.74) is 15.6. The molecule has 260 valence electrons. The Morgan fingerprint density at radius 1 is 0.377 bits per heavy atom. The quantitative estimate of drug-likeness (QED) is 0.174. The van der Waals surface area contributed by atoms with Crippen LogP contribution in [0.5, 0.6) is 0 Å². The van der Waals surface area contributed by atoms with E-state index in [4.69, 9.17) is 0 Å². The lowest BCUT2D eigenvalue weighted by Gasteiger charge is -2.38. The zero-order valence-corrected chi connectivity index (χ0v) is 31.0. The van der Waals surface area contributed by atoms with Crippen LogP contribution in [0.2, 0.25) is 0 Å². The lowest BCUT2D eigenvalue weighted by molar-refractivity contribution is 0.681. The molecular formula is C52H47N. The summed E-state index contributed by atoms with van der Waals surface area (Å²) in [6.07, 6.45) is 6.72. The van der Waals surface area contributed by atoms with Crippen LogP contribution in [0.3, 0.4) is 0 Å². The highest BCUT2D eigenvalue weighted by Gasteiger charge is 2.47. The smallest absolute Gasteiger partial charge is 0.0676 e. The third kappa shape index (κ3) is 7.57. The third-order valence-corrected chi connectivity index (χ3v) is 10.2. The first-order valence-electron chi connectivity index (χ1n) is 18.7. The van der Waals surface area contributed by atoms with E-state index in [0.717, 1.165) is 12.8 Å². The summed E-state index contributed by atoms with van der Waals surface area (Å²) < 4.78 is 0. The van der Waals surface area contributed by atoms with Crippen molar-refractivity contribution in [3.8, 4) is 11.1 Å². The molecule has 0 unspecified atom stereocenters. The number of nitrogens with zero attached hydrogens (tertiary/aromatic N) is 1. The van der Waals surface area contributed by atoms with Gasteiger partial charge in [0.2, 0.25) is 0 Å². The number of hydrogen-bond acceptors (Lipinski definition) is 1. The van der Waals surface area contributed by atoms with Gasteiger partial charge in [0.1, 0.15) is 0 Å². The van der Waals surface area contributed by atoms with Crippen LogP contribution in [0.4, 0.5) is 11.4 Å². The second-order valence-corrected chi connectivity index (χ2v) is 13.9. The molecule has 0 heterocycles. The van der Waals surface area contributed by atoms with Crippen molar-refractivity contribution in [1.29, 1.82) is 0 Å². The second-order valence-electron chi connectivity index (χ2n) is 13.9. The number of hydrogen-bond donors (Lipinski definition) is 0. The van der Waals surface area contributed by atoms with Crippen LogP contribution in [-0.2, 0) is 5.41 Å². The molecule has 2 aliphatic carbocycles. The second kappa shape index (κ2) is 16.4. The molecule has 0 radical (unpaired) electrons. The molecule has 0 N–H and O–H groups in total. The van der Waals surface area contributed by atoms with Crippen molar-refractivity contribution in [1.82, 2.24) is 0 Å². The van der Waals surface area contributed by atoms with Crippen LogP contribution < -0.4 is 4.90 Å². The van der Waals surface area contributed by atoms with Gasteiger partial charge >= 0.3 is 0 Å². The first kappa shape index (κ1) is 35.2. The predicted octanol–water partition coefficient (Wildman–Crippen LogP) is 13.7. The van der Waals surface area contributed by atoms with E-state index >= 15 is 0 Å². The van der Waals surface area contributed by atoms with Gasteiger partial charge in [-0.3, -0.25) is 0 Å². The first-order chi connectivity index (χ1) is 26.1. The van der Waals surface area contributed by atoms with Gasteiger partial charge in [0.05, 0.1) is 5.41 Å². The Labute approximate surface area is 316 Å². The van der Waals surface area contributed by atoms with Crippen molar-refractivity contribution in [2.75, 3.05) is 4.90 Å². The van der Waals surface area contributed by atoms with Gasteiger partial charge in [-0.2, -0.15) is 0 Å². The minimum Gasteiger partial charge on any atom is -0.314 e. The van der Waals surface area contributed by atoms with Crippen LogP contribution in [0.25, 0.3) is 11.1 Å². The summed E-state index contributed by atoms with van der Waals surface area (Å²) in [7, 11) is 0. The maximum atomic E-state index is 2.41. The summed E-state index contributed by atoms with van der Waals surface area (Å²) in [4.78, 5) is 2.41. The maximum absolute atomic E-state index is 2.41. The van der Waals surface area contributed by atoms with Crippen LogP contribution >= 0.6 is 0 Å². The number of aryl methyl sites for hydroxylation is 3. The van der Waals surface area contributed by atoms with Gasteiger partial charge in [-0.05, 0) is 91.8 Å². The summed E-state index contributed by atoms with van der Waals surface area (Å²) in [6, 6.07) is 69.2. The number of anilines is 2. The van der Waals surface area contributed by atoms with Gasteiger partial charge in [0, 0.05) is 17.1 Å². The molecule has 0 saturated carbocycles. The van der Waals surface area contributed by atoms with E-state index in [1.807, 2.05) is 36.4 Å². The normalized spacial score (nSPS) is 13.4. The lowest BCUT2D eigenvalue weighted by Crippen LogP contribution is -2.31. The molecule has 0 fully saturated rings. The van der Waals surface area contributed by atoms with E-state index in [-0.39, 0.29) is 5.41 Å². The fourth-order valence-electron chi connectivity index (χ4n) is 7.71. The van der Waals surface area contributed by atoms with Gasteiger partial charge in [0.15, 0.2) is 0 Å². The molecule has 0 aliphatic heterocycles. The van der Waals surface area contributed by atoms with E-state index < -0.39 is 0 Å². The molecule has 7 aromatic rings. The topological polar surface area (TPSA) is 3.24 Å². The minimum atomic E-state index is -0.298. The average molecular weight is 686 g/mol. The van der Waals surface area contributed by atoms with Crippen molar-refractivity contribution in [3.05, 3.63) is 251 Å². The highest BCUT2D eigenvalue weighted by Crippen LogP contribution is 2.57. The molecule has 9 rings (SSSR count). The number of rotatable bonds is 5. The molecule has 53 heavy (non-hydrogen) atoms. The molecule has 7 aromatic carbocycles. The first-order valence-corrected chi connectivity index (χ1v) is 18.7. The Morgan fingerprint density at radius 3 is 1.17 bits per heavy atom. The van der Waals surface area contributed by atoms with Gasteiger partial charge in [-0.15, -0.1) is 0 Å².